The SMILES string of the molecule is COc1ccc(CCCC(=O)Nc2ccc(N(C)CCO)cc2)cc1. The van der Waals surface area contributed by atoms with Crippen LogP contribution in [0.25, 0.3) is 0 Å². The summed E-state index contributed by atoms with van der Waals surface area (Å²) >= 11 is 0. The van der Waals surface area contributed by atoms with E-state index in [0.29, 0.717) is 13.0 Å². The van der Waals surface area contributed by atoms with E-state index in [1.54, 1.807) is 7.11 Å². The molecule has 0 bridgehead atoms. The maximum Gasteiger partial charge on any atom is 0.224 e. The minimum absolute atomic E-state index is 0.0185. The van der Waals surface area contributed by atoms with Crippen LogP contribution < -0.4 is 15.0 Å². The molecule has 5 nitrogen and oxygen atoms in total. The fourth-order valence-corrected chi connectivity index (χ4v) is 2.55. The number of aliphatic hydroxyl groups is 1. The van der Waals surface area contributed by atoms with Gasteiger partial charge in [0.15, 0.2) is 0 Å². The molecule has 2 N–H and O–H groups in total. The number of rotatable bonds is 9. The summed E-state index contributed by atoms with van der Waals surface area (Å²) in [5, 5.41) is 11.9. The highest BCUT2D eigenvalue weighted by molar-refractivity contribution is 5.90. The van der Waals surface area contributed by atoms with Crippen LogP contribution in [-0.2, 0) is 11.2 Å². The summed E-state index contributed by atoms with van der Waals surface area (Å²) in [6.45, 7) is 0.695. The summed E-state index contributed by atoms with van der Waals surface area (Å²) in [6.07, 6.45) is 2.15. The van der Waals surface area contributed by atoms with Crippen LogP contribution in [0.1, 0.15) is 18.4 Å². The molecule has 0 radical (unpaired) electrons. The highest BCUT2D eigenvalue weighted by Crippen LogP contribution is 2.17. The molecule has 0 heterocycles. The second-order valence-electron chi connectivity index (χ2n) is 5.94. The van der Waals surface area contributed by atoms with Gasteiger partial charge in [0.05, 0.1) is 13.7 Å². The average Bonchev–Trinajstić information content (AvgIpc) is 2.63. The summed E-state index contributed by atoms with van der Waals surface area (Å²) < 4.78 is 5.14. The molecule has 0 saturated carbocycles. The molecule has 134 valence electrons. The molecule has 0 aromatic heterocycles. The fourth-order valence-electron chi connectivity index (χ4n) is 2.55. The van der Waals surface area contributed by atoms with Gasteiger partial charge in [0.2, 0.25) is 5.91 Å². The maximum absolute atomic E-state index is 12.0. The monoisotopic (exact) mass is 342 g/mol. The molecular weight excluding hydrogens is 316 g/mol. The molecule has 0 aliphatic heterocycles. The first-order valence-electron chi connectivity index (χ1n) is 8.47. The van der Waals surface area contributed by atoms with Crippen LogP contribution in [0.15, 0.2) is 48.5 Å². The van der Waals surface area contributed by atoms with E-state index in [0.717, 1.165) is 30.0 Å². The van der Waals surface area contributed by atoms with Gasteiger partial charge in [0, 0.05) is 31.4 Å². The van der Waals surface area contributed by atoms with E-state index in [4.69, 9.17) is 9.84 Å². The van der Waals surface area contributed by atoms with Crippen molar-refractivity contribution in [2.75, 3.05) is 37.5 Å². The maximum atomic E-state index is 12.0. The number of anilines is 2. The number of carbonyl (C=O) groups is 1. The summed E-state index contributed by atoms with van der Waals surface area (Å²) in [5.74, 6) is 0.861. The second-order valence-corrected chi connectivity index (χ2v) is 5.94. The summed E-state index contributed by atoms with van der Waals surface area (Å²) in [7, 11) is 3.57. The Labute approximate surface area is 149 Å². The number of benzene rings is 2. The van der Waals surface area contributed by atoms with Gasteiger partial charge in [0.1, 0.15) is 5.75 Å². The minimum Gasteiger partial charge on any atom is -0.497 e. The third-order valence-corrected chi connectivity index (χ3v) is 4.06. The van der Waals surface area contributed by atoms with Gasteiger partial charge in [-0.1, -0.05) is 12.1 Å². The predicted octanol–water partition coefficient (Wildman–Crippen LogP) is 3.09. The third kappa shape index (κ3) is 6.12. The van der Waals surface area contributed by atoms with Gasteiger partial charge >= 0.3 is 0 Å². The van der Waals surface area contributed by atoms with Crippen molar-refractivity contribution >= 4 is 17.3 Å². The number of amides is 1. The number of carbonyl (C=O) groups excluding carboxylic acids is 1. The Morgan fingerprint density at radius 2 is 1.80 bits per heavy atom. The molecule has 5 heteroatoms. The van der Waals surface area contributed by atoms with E-state index >= 15 is 0 Å². The zero-order chi connectivity index (χ0) is 18.1. The summed E-state index contributed by atoms with van der Waals surface area (Å²) in [4.78, 5) is 14.0. The largest absolute Gasteiger partial charge is 0.497 e. The van der Waals surface area contributed by atoms with Crippen LogP contribution in [0.5, 0.6) is 5.75 Å². The third-order valence-electron chi connectivity index (χ3n) is 4.06. The Bertz CT molecular complexity index is 654. The lowest BCUT2D eigenvalue weighted by molar-refractivity contribution is -0.116. The van der Waals surface area contributed by atoms with Gasteiger partial charge < -0.3 is 20.1 Å². The quantitative estimate of drug-likeness (QED) is 0.735. The van der Waals surface area contributed by atoms with Gasteiger partial charge in [-0.2, -0.15) is 0 Å². The summed E-state index contributed by atoms with van der Waals surface area (Å²) in [5.41, 5.74) is 2.99. The zero-order valence-corrected chi connectivity index (χ0v) is 14.9. The molecule has 0 aliphatic carbocycles. The van der Waals surface area contributed by atoms with Crippen LogP contribution >= 0.6 is 0 Å². The number of methoxy groups -OCH3 is 1. The van der Waals surface area contributed by atoms with Crippen LogP contribution in [0, 0.1) is 0 Å². The van der Waals surface area contributed by atoms with E-state index in [1.807, 2.05) is 60.5 Å². The molecule has 0 saturated heterocycles. The molecule has 0 unspecified atom stereocenters. The molecule has 25 heavy (non-hydrogen) atoms. The van der Waals surface area contributed by atoms with E-state index in [9.17, 15) is 4.79 Å². The Hall–Kier alpha value is -2.53. The van der Waals surface area contributed by atoms with E-state index < -0.39 is 0 Å². The van der Waals surface area contributed by atoms with Crippen LogP contribution in [-0.4, -0.2) is 38.3 Å². The minimum atomic E-state index is 0.0185. The van der Waals surface area contributed by atoms with Crippen molar-refractivity contribution in [1.29, 1.82) is 0 Å². The molecule has 0 atom stereocenters. The molecule has 0 spiro atoms. The Morgan fingerprint density at radius 3 is 2.40 bits per heavy atom. The van der Waals surface area contributed by atoms with Crippen molar-refractivity contribution in [1.82, 2.24) is 0 Å². The normalized spacial score (nSPS) is 10.4. The van der Waals surface area contributed by atoms with Gasteiger partial charge in [-0.3, -0.25) is 4.79 Å². The zero-order valence-electron chi connectivity index (χ0n) is 14.9. The standard InChI is InChI=1S/C20H26N2O3/c1-22(14-15-23)18-10-8-17(9-11-18)21-20(24)5-3-4-16-6-12-19(25-2)13-7-16/h6-13,23H,3-5,14-15H2,1-2H3,(H,21,24). The van der Waals surface area contributed by atoms with E-state index in [-0.39, 0.29) is 12.5 Å². The highest BCUT2D eigenvalue weighted by Gasteiger charge is 2.05. The number of hydrogen-bond donors (Lipinski definition) is 2. The molecule has 2 aromatic rings. The summed E-state index contributed by atoms with van der Waals surface area (Å²) in [6, 6.07) is 15.5. The molecular formula is C20H26N2O3. The van der Waals surface area contributed by atoms with Crippen LogP contribution in [0.4, 0.5) is 11.4 Å². The Balaban J connectivity index is 1.75. The number of nitrogens with zero attached hydrogens (tertiary/aromatic N) is 1. The van der Waals surface area contributed by atoms with Crippen LogP contribution in [0.3, 0.4) is 0 Å². The number of hydrogen-bond acceptors (Lipinski definition) is 4. The number of aryl methyl sites for hydroxylation is 1. The van der Waals surface area contributed by atoms with Crippen molar-refractivity contribution < 1.29 is 14.6 Å². The first-order valence-corrected chi connectivity index (χ1v) is 8.47. The fraction of sp³-hybridized carbons (Fsp3) is 0.350. The van der Waals surface area contributed by atoms with Gasteiger partial charge in [-0.25, -0.2) is 0 Å². The van der Waals surface area contributed by atoms with Gasteiger partial charge in [-0.15, -0.1) is 0 Å². The lowest BCUT2D eigenvalue weighted by atomic mass is 10.1. The van der Waals surface area contributed by atoms with E-state index in [1.165, 1.54) is 5.56 Å². The number of nitrogens with one attached hydrogen (secondary N) is 1. The lowest BCUT2D eigenvalue weighted by Crippen LogP contribution is -2.21. The first kappa shape index (κ1) is 18.8. The Morgan fingerprint density at radius 1 is 1.12 bits per heavy atom. The van der Waals surface area contributed by atoms with Crippen molar-refractivity contribution in [2.45, 2.75) is 19.3 Å². The van der Waals surface area contributed by atoms with Gasteiger partial charge in [0.25, 0.3) is 0 Å². The highest BCUT2D eigenvalue weighted by atomic mass is 16.5. The molecule has 2 rings (SSSR count). The topological polar surface area (TPSA) is 61.8 Å². The van der Waals surface area contributed by atoms with Crippen LogP contribution in [0.2, 0.25) is 0 Å². The Kier molecular flexibility index (Phi) is 7.29. The smallest absolute Gasteiger partial charge is 0.224 e. The molecule has 0 aliphatic rings. The molecule has 1 amide bonds. The second kappa shape index (κ2) is 9.69. The van der Waals surface area contributed by atoms with Crippen molar-refractivity contribution in [2.24, 2.45) is 0 Å². The van der Waals surface area contributed by atoms with E-state index in [2.05, 4.69) is 5.32 Å². The van der Waals surface area contributed by atoms with Gasteiger partial charge in [-0.05, 0) is 54.8 Å². The van der Waals surface area contributed by atoms with Crippen molar-refractivity contribution in [3.63, 3.8) is 0 Å². The number of aliphatic hydroxyl groups excluding tert-OH is 1. The lowest BCUT2D eigenvalue weighted by Gasteiger charge is -2.18. The average molecular weight is 342 g/mol. The molecule has 2 aromatic carbocycles. The van der Waals surface area contributed by atoms with Crippen molar-refractivity contribution in [3.8, 4) is 5.75 Å². The predicted molar refractivity (Wildman–Crippen MR) is 101 cm³/mol. The number of likely N-dealkylation sites (N-methyl/N-ethyl adjacent to an activating group) is 1. The van der Waals surface area contributed by atoms with Crippen molar-refractivity contribution in [3.05, 3.63) is 54.1 Å². The molecule has 0 fully saturated rings. The first-order chi connectivity index (χ1) is 12.1. The number of ether oxygens (including phenoxy) is 1.